The van der Waals surface area contributed by atoms with Gasteiger partial charge in [-0.1, -0.05) is 6.07 Å². The normalized spacial score (nSPS) is 22.8. The largest absolute Gasteiger partial charge is 0.351 e. The van der Waals surface area contributed by atoms with Crippen LogP contribution in [0.4, 0.5) is 0 Å². The Morgan fingerprint density at radius 2 is 2.10 bits per heavy atom. The van der Waals surface area contributed by atoms with Crippen molar-refractivity contribution in [1.29, 1.82) is 0 Å². The average molecular weight is 283 g/mol. The SMILES string of the molecule is Cn1ccc2c(C(=O)NC3CCN(C4CC4)C3)cccc21. The average Bonchev–Trinajstić information content (AvgIpc) is 3.13. The van der Waals surface area contributed by atoms with E-state index in [1.54, 1.807) is 0 Å². The van der Waals surface area contributed by atoms with Crippen LogP contribution in [0, 0.1) is 0 Å². The number of amides is 1. The maximum atomic E-state index is 12.6. The molecule has 1 unspecified atom stereocenters. The van der Waals surface area contributed by atoms with Crippen molar-refractivity contribution in [3.63, 3.8) is 0 Å². The Labute approximate surface area is 124 Å². The van der Waals surface area contributed by atoms with E-state index in [0.717, 1.165) is 42.0 Å². The number of nitrogens with zero attached hydrogens (tertiary/aromatic N) is 2. The molecule has 0 bridgehead atoms. The van der Waals surface area contributed by atoms with Crippen molar-refractivity contribution in [2.24, 2.45) is 7.05 Å². The summed E-state index contributed by atoms with van der Waals surface area (Å²) in [7, 11) is 2.01. The van der Waals surface area contributed by atoms with Crippen molar-refractivity contribution in [3.8, 4) is 0 Å². The standard InChI is InChI=1S/C17H21N3O/c1-19-9-8-14-15(3-2-4-16(14)19)17(21)18-12-7-10-20(11-12)13-5-6-13/h2-4,8-9,12-13H,5-7,10-11H2,1H3,(H,18,21). The van der Waals surface area contributed by atoms with Gasteiger partial charge in [0.1, 0.15) is 0 Å². The number of aromatic nitrogens is 1. The predicted molar refractivity (Wildman–Crippen MR) is 83.4 cm³/mol. The maximum Gasteiger partial charge on any atom is 0.252 e. The third-order valence-electron chi connectivity index (χ3n) is 4.79. The summed E-state index contributed by atoms with van der Waals surface area (Å²) in [6.45, 7) is 2.15. The van der Waals surface area contributed by atoms with Gasteiger partial charge in [0.2, 0.25) is 0 Å². The van der Waals surface area contributed by atoms with E-state index in [1.807, 2.05) is 31.4 Å². The molecule has 2 aromatic rings. The zero-order valence-corrected chi connectivity index (χ0v) is 12.4. The zero-order valence-electron chi connectivity index (χ0n) is 12.4. The minimum atomic E-state index is 0.0643. The lowest BCUT2D eigenvalue weighted by Crippen LogP contribution is -2.37. The number of benzene rings is 1. The molecular formula is C17H21N3O. The monoisotopic (exact) mass is 283 g/mol. The van der Waals surface area contributed by atoms with Crippen LogP contribution in [0.25, 0.3) is 10.9 Å². The smallest absolute Gasteiger partial charge is 0.252 e. The van der Waals surface area contributed by atoms with Crippen LogP contribution in [0.15, 0.2) is 30.5 Å². The molecule has 21 heavy (non-hydrogen) atoms. The fourth-order valence-electron chi connectivity index (χ4n) is 3.44. The van der Waals surface area contributed by atoms with E-state index in [2.05, 4.69) is 20.9 Å². The van der Waals surface area contributed by atoms with Crippen molar-refractivity contribution in [2.45, 2.75) is 31.3 Å². The summed E-state index contributed by atoms with van der Waals surface area (Å²) in [5, 5.41) is 4.26. The lowest BCUT2D eigenvalue weighted by molar-refractivity contribution is 0.0939. The lowest BCUT2D eigenvalue weighted by atomic mass is 10.1. The number of aryl methyl sites for hydroxylation is 1. The quantitative estimate of drug-likeness (QED) is 0.937. The third kappa shape index (κ3) is 2.33. The molecule has 4 heteroatoms. The van der Waals surface area contributed by atoms with E-state index < -0.39 is 0 Å². The molecule has 4 rings (SSSR count). The second kappa shape index (κ2) is 4.88. The van der Waals surface area contributed by atoms with Crippen LogP contribution in [0.5, 0.6) is 0 Å². The van der Waals surface area contributed by atoms with Crippen LogP contribution < -0.4 is 5.32 Å². The van der Waals surface area contributed by atoms with Gasteiger partial charge in [-0.2, -0.15) is 0 Å². The van der Waals surface area contributed by atoms with Crippen molar-refractivity contribution < 1.29 is 4.79 Å². The Morgan fingerprint density at radius 3 is 2.90 bits per heavy atom. The van der Waals surface area contributed by atoms with Crippen LogP contribution in [-0.4, -0.2) is 40.5 Å². The van der Waals surface area contributed by atoms with Gasteiger partial charge in [-0.05, 0) is 37.5 Å². The molecule has 4 nitrogen and oxygen atoms in total. The van der Waals surface area contributed by atoms with Crippen LogP contribution in [0.2, 0.25) is 0 Å². The minimum absolute atomic E-state index is 0.0643. The van der Waals surface area contributed by atoms with Crippen molar-refractivity contribution >= 4 is 16.8 Å². The van der Waals surface area contributed by atoms with Crippen molar-refractivity contribution in [1.82, 2.24) is 14.8 Å². The number of rotatable bonds is 3. The molecule has 1 amide bonds. The molecule has 1 aliphatic heterocycles. The fourth-order valence-corrected chi connectivity index (χ4v) is 3.44. The van der Waals surface area contributed by atoms with Crippen LogP contribution in [0.3, 0.4) is 0 Å². The topological polar surface area (TPSA) is 37.3 Å². The number of nitrogens with one attached hydrogen (secondary N) is 1. The Morgan fingerprint density at radius 1 is 1.24 bits per heavy atom. The van der Waals surface area contributed by atoms with E-state index in [-0.39, 0.29) is 5.91 Å². The third-order valence-corrected chi connectivity index (χ3v) is 4.79. The molecule has 1 saturated heterocycles. The van der Waals surface area contributed by atoms with E-state index in [1.165, 1.54) is 12.8 Å². The predicted octanol–water partition coefficient (Wildman–Crippen LogP) is 2.14. The summed E-state index contributed by atoms with van der Waals surface area (Å²) >= 11 is 0. The first kappa shape index (κ1) is 12.9. The van der Waals surface area contributed by atoms with E-state index in [0.29, 0.717) is 6.04 Å². The molecule has 2 aliphatic rings. The molecule has 1 N–H and O–H groups in total. The second-order valence-electron chi connectivity index (χ2n) is 6.35. The van der Waals surface area contributed by atoms with Gasteiger partial charge in [0, 0.05) is 54.9 Å². The first-order valence-corrected chi connectivity index (χ1v) is 7.81. The Balaban J connectivity index is 1.51. The Kier molecular flexibility index (Phi) is 3.00. The summed E-state index contributed by atoms with van der Waals surface area (Å²) in [5.74, 6) is 0.0643. The van der Waals surface area contributed by atoms with Gasteiger partial charge in [0.15, 0.2) is 0 Å². The highest BCUT2D eigenvalue weighted by atomic mass is 16.1. The highest BCUT2D eigenvalue weighted by molar-refractivity contribution is 6.06. The highest BCUT2D eigenvalue weighted by Crippen LogP contribution is 2.30. The van der Waals surface area contributed by atoms with Crippen LogP contribution in [0.1, 0.15) is 29.6 Å². The first-order valence-electron chi connectivity index (χ1n) is 7.81. The van der Waals surface area contributed by atoms with E-state index in [4.69, 9.17) is 0 Å². The lowest BCUT2D eigenvalue weighted by Gasteiger charge is -2.16. The van der Waals surface area contributed by atoms with Gasteiger partial charge < -0.3 is 9.88 Å². The van der Waals surface area contributed by atoms with Gasteiger partial charge in [-0.25, -0.2) is 0 Å². The Bertz CT molecular complexity index is 686. The number of fused-ring (bicyclic) bond motifs is 1. The minimum Gasteiger partial charge on any atom is -0.351 e. The summed E-state index contributed by atoms with van der Waals surface area (Å²) in [5.41, 5.74) is 1.90. The van der Waals surface area contributed by atoms with Crippen LogP contribution >= 0.6 is 0 Å². The molecule has 1 aromatic heterocycles. The Hall–Kier alpha value is -1.81. The van der Waals surface area contributed by atoms with E-state index in [9.17, 15) is 4.79 Å². The summed E-state index contributed by atoms with van der Waals surface area (Å²) < 4.78 is 2.05. The number of hydrogen-bond donors (Lipinski definition) is 1. The van der Waals surface area contributed by atoms with Gasteiger partial charge in [-0.3, -0.25) is 9.69 Å². The van der Waals surface area contributed by atoms with Crippen molar-refractivity contribution in [3.05, 3.63) is 36.0 Å². The molecule has 1 atom stereocenters. The van der Waals surface area contributed by atoms with Gasteiger partial charge in [-0.15, -0.1) is 0 Å². The van der Waals surface area contributed by atoms with Gasteiger partial charge in [0.05, 0.1) is 0 Å². The molecule has 2 fully saturated rings. The first-order chi connectivity index (χ1) is 10.2. The molecule has 110 valence electrons. The zero-order chi connectivity index (χ0) is 14.4. The number of carbonyl (C=O) groups is 1. The van der Waals surface area contributed by atoms with Gasteiger partial charge in [0.25, 0.3) is 5.91 Å². The van der Waals surface area contributed by atoms with Crippen molar-refractivity contribution in [2.75, 3.05) is 13.1 Å². The maximum absolute atomic E-state index is 12.6. The van der Waals surface area contributed by atoms with Crippen LogP contribution in [-0.2, 0) is 7.05 Å². The molecule has 2 heterocycles. The van der Waals surface area contributed by atoms with Gasteiger partial charge >= 0.3 is 0 Å². The molecule has 1 aromatic carbocycles. The summed E-state index contributed by atoms with van der Waals surface area (Å²) in [4.78, 5) is 15.1. The number of carbonyl (C=O) groups excluding carboxylic acids is 1. The molecule has 0 spiro atoms. The molecular weight excluding hydrogens is 262 g/mol. The molecule has 0 radical (unpaired) electrons. The van der Waals surface area contributed by atoms with E-state index >= 15 is 0 Å². The number of likely N-dealkylation sites (tertiary alicyclic amines) is 1. The summed E-state index contributed by atoms with van der Waals surface area (Å²) in [6.07, 6.45) is 5.76. The molecule has 1 aliphatic carbocycles. The summed E-state index contributed by atoms with van der Waals surface area (Å²) in [6, 6.07) is 9.06. The number of hydrogen-bond acceptors (Lipinski definition) is 2. The highest BCUT2D eigenvalue weighted by Gasteiger charge is 2.34. The molecule has 1 saturated carbocycles. The fraction of sp³-hybridized carbons (Fsp3) is 0.471. The second-order valence-corrected chi connectivity index (χ2v) is 6.35.